The zero-order chi connectivity index (χ0) is 21.1. The summed E-state index contributed by atoms with van der Waals surface area (Å²) in [5.74, 6) is 3.20. The Balaban J connectivity index is 1.10. The number of anilines is 2. The van der Waals surface area contributed by atoms with Crippen LogP contribution in [0.4, 0.5) is 11.5 Å². The van der Waals surface area contributed by atoms with Gasteiger partial charge in [0, 0.05) is 68.3 Å². The Bertz CT molecular complexity index is 1110. The van der Waals surface area contributed by atoms with Crippen molar-refractivity contribution in [2.45, 2.75) is 26.4 Å². The maximum absolute atomic E-state index is 6.14. The number of hydrogen-bond acceptors (Lipinski definition) is 8. The van der Waals surface area contributed by atoms with Crippen LogP contribution >= 0.6 is 0 Å². The molecule has 0 bridgehead atoms. The summed E-state index contributed by atoms with van der Waals surface area (Å²) in [5.41, 5.74) is 11.3. The molecule has 3 fully saturated rings. The Morgan fingerprint density at radius 1 is 1.03 bits per heavy atom. The Kier molecular flexibility index (Phi) is 4.40. The Morgan fingerprint density at radius 3 is 2.58 bits per heavy atom. The van der Waals surface area contributed by atoms with Crippen LogP contribution in [0.15, 0.2) is 28.9 Å². The van der Waals surface area contributed by atoms with Gasteiger partial charge in [0.05, 0.1) is 6.54 Å². The van der Waals surface area contributed by atoms with Gasteiger partial charge in [0.15, 0.2) is 5.58 Å². The summed E-state index contributed by atoms with van der Waals surface area (Å²) in [7, 11) is 0. The Hall–Kier alpha value is -2.71. The van der Waals surface area contributed by atoms with Crippen LogP contribution in [0.3, 0.4) is 0 Å². The van der Waals surface area contributed by atoms with Crippen molar-refractivity contribution < 1.29 is 4.42 Å². The van der Waals surface area contributed by atoms with Gasteiger partial charge in [0.1, 0.15) is 17.7 Å². The van der Waals surface area contributed by atoms with Gasteiger partial charge in [-0.25, -0.2) is 15.0 Å². The number of benzene rings is 1. The SMILES string of the molecule is Cc1ncnc(N2CCN(Cc3nc4ccc(N5CC6C(N)C6C5)cc4o3)CC2)c1C. The molecule has 2 aliphatic heterocycles. The number of fused-ring (bicyclic) bond motifs is 2. The normalized spacial score (nSPS) is 26.0. The van der Waals surface area contributed by atoms with Gasteiger partial charge in [-0.05, 0) is 37.8 Å². The van der Waals surface area contributed by atoms with E-state index in [1.165, 1.54) is 11.3 Å². The molecular weight excluding hydrogens is 390 g/mol. The number of piperazine rings is 1. The fourth-order valence-corrected chi connectivity index (χ4v) is 5.16. The molecular formula is C23H29N7O. The minimum atomic E-state index is 0.416. The first kappa shape index (κ1) is 19.0. The van der Waals surface area contributed by atoms with Crippen molar-refractivity contribution in [3.05, 3.63) is 41.7 Å². The number of piperidine rings is 1. The molecule has 0 radical (unpaired) electrons. The molecule has 0 amide bonds. The topological polar surface area (TPSA) is 87.6 Å². The smallest absolute Gasteiger partial charge is 0.209 e. The van der Waals surface area contributed by atoms with Crippen LogP contribution in [0, 0.1) is 25.7 Å². The average Bonchev–Trinajstić information content (AvgIpc) is 3.15. The van der Waals surface area contributed by atoms with Gasteiger partial charge in [-0.15, -0.1) is 0 Å². The van der Waals surface area contributed by atoms with Gasteiger partial charge in [0.2, 0.25) is 5.89 Å². The number of hydrogen-bond donors (Lipinski definition) is 1. The van der Waals surface area contributed by atoms with Crippen molar-refractivity contribution in [3.8, 4) is 0 Å². The van der Waals surface area contributed by atoms with Crippen molar-refractivity contribution >= 4 is 22.6 Å². The van der Waals surface area contributed by atoms with Gasteiger partial charge in [0.25, 0.3) is 0 Å². The zero-order valence-corrected chi connectivity index (χ0v) is 18.2. The lowest BCUT2D eigenvalue weighted by Gasteiger charge is -2.35. The van der Waals surface area contributed by atoms with E-state index in [2.05, 4.69) is 49.8 Å². The van der Waals surface area contributed by atoms with E-state index in [1.54, 1.807) is 6.33 Å². The van der Waals surface area contributed by atoms with Crippen LogP contribution in [0.1, 0.15) is 17.1 Å². The predicted octanol–water partition coefficient (Wildman–Crippen LogP) is 1.95. The second-order valence-corrected chi connectivity index (χ2v) is 9.24. The highest BCUT2D eigenvalue weighted by molar-refractivity contribution is 5.77. The van der Waals surface area contributed by atoms with E-state index in [-0.39, 0.29) is 0 Å². The first-order chi connectivity index (χ1) is 15.1. The third-order valence-electron chi connectivity index (χ3n) is 7.38. The zero-order valence-electron chi connectivity index (χ0n) is 18.2. The van der Waals surface area contributed by atoms with Crippen LogP contribution in [0.5, 0.6) is 0 Å². The summed E-state index contributed by atoms with van der Waals surface area (Å²) >= 11 is 0. The van der Waals surface area contributed by atoms with Gasteiger partial charge in [-0.2, -0.15) is 0 Å². The predicted molar refractivity (Wildman–Crippen MR) is 120 cm³/mol. The molecule has 1 saturated carbocycles. The maximum atomic E-state index is 6.14. The molecule has 2 aromatic heterocycles. The first-order valence-corrected chi connectivity index (χ1v) is 11.2. The summed E-state index contributed by atoms with van der Waals surface area (Å²) in [6.45, 7) is 10.8. The number of aromatic nitrogens is 3. The standard InChI is InChI=1S/C23H29N7O/c1-14-15(2)25-13-26-23(14)29-7-5-28(6-8-29)12-21-27-19-4-3-16(9-20(19)31-21)30-10-17-18(11-30)22(17)24/h3-4,9,13,17-18,22H,5-8,10-12,24H2,1-2H3. The van der Waals surface area contributed by atoms with Crippen molar-refractivity contribution in [1.82, 2.24) is 19.9 Å². The Labute approximate surface area is 182 Å². The average molecular weight is 420 g/mol. The van der Waals surface area contributed by atoms with Crippen LogP contribution in [0.25, 0.3) is 11.1 Å². The number of rotatable bonds is 4. The molecule has 3 aliphatic rings. The molecule has 8 heteroatoms. The van der Waals surface area contributed by atoms with Gasteiger partial charge in [-0.3, -0.25) is 4.90 Å². The largest absolute Gasteiger partial charge is 0.439 e. The maximum Gasteiger partial charge on any atom is 0.209 e. The minimum absolute atomic E-state index is 0.416. The molecule has 2 N–H and O–H groups in total. The molecule has 31 heavy (non-hydrogen) atoms. The minimum Gasteiger partial charge on any atom is -0.439 e. The fraction of sp³-hybridized carbons (Fsp3) is 0.522. The molecule has 8 nitrogen and oxygen atoms in total. The van der Waals surface area contributed by atoms with E-state index in [1.807, 2.05) is 6.92 Å². The number of nitrogens with zero attached hydrogens (tertiary/aromatic N) is 6. The van der Waals surface area contributed by atoms with Crippen molar-refractivity contribution in [2.75, 3.05) is 49.1 Å². The van der Waals surface area contributed by atoms with E-state index in [9.17, 15) is 0 Å². The van der Waals surface area contributed by atoms with Crippen LogP contribution in [-0.4, -0.2) is 65.2 Å². The highest BCUT2D eigenvalue weighted by Gasteiger charge is 2.53. The molecule has 1 aromatic carbocycles. The molecule has 4 heterocycles. The lowest BCUT2D eigenvalue weighted by molar-refractivity contribution is 0.228. The summed E-state index contributed by atoms with van der Waals surface area (Å²) in [6, 6.07) is 6.80. The molecule has 1 aliphatic carbocycles. The Morgan fingerprint density at radius 2 is 1.81 bits per heavy atom. The van der Waals surface area contributed by atoms with E-state index in [0.717, 1.165) is 74.3 Å². The van der Waals surface area contributed by atoms with Crippen molar-refractivity contribution in [2.24, 2.45) is 17.6 Å². The second-order valence-electron chi connectivity index (χ2n) is 9.24. The molecule has 2 saturated heterocycles. The van der Waals surface area contributed by atoms with Crippen molar-refractivity contribution in [3.63, 3.8) is 0 Å². The molecule has 2 atom stereocenters. The lowest BCUT2D eigenvalue weighted by atomic mass is 10.2. The monoisotopic (exact) mass is 419 g/mol. The number of aryl methyl sites for hydroxylation is 1. The molecule has 6 rings (SSSR count). The number of nitrogens with two attached hydrogens (primary N) is 1. The summed E-state index contributed by atoms with van der Waals surface area (Å²) in [5, 5.41) is 0. The molecule has 0 spiro atoms. The first-order valence-electron chi connectivity index (χ1n) is 11.2. The lowest BCUT2D eigenvalue weighted by Crippen LogP contribution is -2.46. The van der Waals surface area contributed by atoms with E-state index in [0.29, 0.717) is 17.9 Å². The fourth-order valence-electron chi connectivity index (χ4n) is 5.16. The third kappa shape index (κ3) is 3.34. The van der Waals surface area contributed by atoms with Gasteiger partial charge >= 0.3 is 0 Å². The third-order valence-corrected chi connectivity index (χ3v) is 7.38. The second kappa shape index (κ2) is 7.17. The highest BCUT2D eigenvalue weighted by atomic mass is 16.3. The van der Waals surface area contributed by atoms with E-state index >= 15 is 0 Å². The van der Waals surface area contributed by atoms with Crippen LogP contribution < -0.4 is 15.5 Å². The number of oxazole rings is 1. The molecule has 2 unspecified atom stereocenters. The quantitative estimate of drug-likeness (QED) is 0.687. The summed E-state index contributed by atoms with van der Waals surface area (Å²) in [4.78, 5) is 20.7. The van der Waals surface area contributed by atoms with E-state index in [4.69, 9.17) is 15.1 Å². The molecule has 162 valence electrons. The van der Waals surface area contributed by atoms with Crippen LogP contribution in [0.2, 0.25) is 0 Å². The van der Waals surface area contributed by atoms with E-state index < -0.39 is 0 Å². The van der Waals surface area contributed by atoms with Crippen LogP contribution in [-0.2, 0) is 6.54 Å². The van der Waals surface area contributed by atoms with Crippen molar-refractivity contribution in [1.29, 1.82) is 0 Å². The van der Waals surface area contributed by atoms with Gasteiger partial charge in [-0.1, -0.05) is 0 Å². The summed E-state index contributed by atoms with van der Waals surface area (Å²) < 4.78 is 6.14. The molecule has 3 aromatic rings. The van der Waals surface area contributed by atoms with Gasteiger partial charge < -0.3 is 20.0 Å². The summed E-state index contributed by atoms with van der Waals surface area (Å²) in [6.07, 6.45) is 1.66. The highest BCUT2D eigenvalue weighted by Crippen LogP contribution is 2.45.